The van der Waals surface area contributed by atoms with Crippen LogP contribution in [0.4, 0.5) is 5.69 Å². The minimum Gasteiger partial charge on any atom is -0.326 e. The lowest BCUT2D eigenvalue weighted by Gasteiger charge is -2.32. The molecule has 1 saturated heterocycles. The van der Waals surface area contributed by atoms with E-state index in [1.807, 2.05) is 30.3 Å². The molecule has 0 aliphatic carbocycles. The Morgan fingerprint density at radius 2 is 1.83 bits per heavy atom. The Bertz CT molecular complexity index is 1170. The summed E-state index contributed by atoms with van der Waals surface area (Å²) < 4.78 is 3.19. The van der Waals surface area contributed by atoms with Crippen LogP contribution in [-0.4, -0.2) is 33.0 Å². The van der Waals surface area contributed by atoms with Crippen LogP contribution in [0.5, 0.6) is 0 Å². The van der Waals surface area contributed by atoms with E-state index in [1.54, 1.807) is 29.3 Å². The summed E-state index contributed by atoms with van der Waals surface area (Å²) in [5.41, 5.74) is 3.34. The van der Waals surface area contributed by atoms with Gasteiger partial charge in [0.25, 0.3) is 0 Å². The van der Waals surface area contributed by atoms with Gasteiger partial charge < -0.3 is 5.32 Å². The summed E-state index contributed by atoms with van der Waals surface area (Å²) in [5, 5.41) is 4.12. The fraction of sp³-hybridized carbons (Fsp3) is 0.364. The predicted molar refractivity (Wildman–Crippen MR) is 121 cm³/mol. The molecule has 0 bridgehead atoms. The number of amides is 1. The van der Waals surface area contributed by atoms with Crippen LogP contribution < -0.4 is 11.0 Å². The lowest BCUT2D eigenvalue weighted by Crippen LogP contribution is -2.40. The van der Waals surface area contributed by atoms with E-state index in [-0.39, 0.29) is 17.5 Å². The molecule has 1 aliphatic heterocycles. The number of benzene rings is 2. The zero-order valence-corrected chi connectivity index (χ0v) is 18.5. The van der Waals surface area contributed by atoms with Crippen LogP contribution in [0.15, 0.2) is 41.2 Å². The quantitative estimate of drug-likeness (QED) is 0.657. The predicted octanol–water partition coefficient (Wildman–Crippen LogP) is 4.03. The maximum atomic E-state index is 12.9. The van der Waals surface area contributed by atoms with Crippen molar-refractivity contribution < 1.29 is 4.79 Å². The first-order valence-electron chi connectivity index (χ1n) is 9.96. The molecule has 1 atom stereocenters. The van der Waals surface area contributed by atoms with Crippen LogP contribution in [0.3, 0.4) is 0 Å². The highest BCUT2D eigenvalue weighted by Crippen LogP contribution is 2.26. The summed E-state index contributed by atoms with van der Waals surface area (Å²) in [6.45, 7) is 2.37. The van der Waals surface area contributed by atoms with E-state index >= 15 is 0 Å². The molecule has 1 aliphatic rings. The SMILES string of the molecule is Cn1c(=O)n(C)c2cc(NC(=O)C3CCCN(Cc4ccc(Cl)c(Cl)c4)C3)ccc21. The van der Waals surface area contributed by atoms with E-state index < -0.39 is 0 Å². The minimum atomic E-state index is -0.0863. The third-order valence-electron chi connectivity index (χ3n) is 5.81. The van der Waals surface area contributed by atoms with Crippen LogP contribution in [0.25, 0.3) is 11.0 Å². The van der Waals surface area contributed by atoms with E-state index in [1.165, 1.54) is 0 Å². The molecule has 1 unspecified atom stereocenters. The number of halogens is 2. The first-order chi connectivity index (χ1) is 14.3. The van der Waals surface area contributed by atoms with Crippen LogP contribution in [0, 0.1) is 5.92 Å². The van der Waals surface area contributed by atoms with Crippen molar-refractivity contribution in [2.45, 2.75) is 19.4 Å². The Balaban J connectivity index is 1.44. The van der Waals surface area contributed by atoms with Gasteiger partial charge in [-0.1, -0.05) is 29.3 Å². The van der Waals surface area contributed by atoms with Gasteiger partial charge in [0.05, 0.1) is 27.0 Å². The highest BCUT2D eigenvalue weighted by atomic mass is 35.5. The molecule has 1 N–H and O–H groups in total. The molecule has 1 amide bonds. The zero-order valence-electron chi connectivity index (χ0n) is 17.0. The molecule has 30 heavy (non-hydrogen) atoms. The van der Waals surface area contributed by atoms with Crippen molar-refractivity contribution in [1.29, 1.82) is 0 Å². The summed E-state index contributed by atoms with van der Waals surface area (Å²) >= 11 is 12.1. The average molecular weight is 447 g/mol. The smallest absolute Gasteiger partial charge is 0.326 e. The van der Waals surface area contributed by atoms with Gasteiger partial charge in [0.2, 0.25) is 5.91 Å². The number of aromatic nitrogens is 2. The van der Waals surface area contributed by atoms with E-state index in [9.17, 15) is 9.59 Å². The molecule has 4 rings (SSSR count). The van der Waals surface area contributed by atoms with Gasteiger partial charge in [-0.05, 0) is 55.3 Å². The number of hydrogen-bond donors (Lipinski definition) is 1. The van der Waals surface area contributed by atoms with Crippen LogP contribution in [-0.2, 0) is 25.4 Å². The fourth-order valence-corrected chi connectivity index (χ4v) is 4.46. The molecule has 0 spiro atoms. The number of imidazole rings is 1. The van der Waals surface area contributed by atoms with Gasteiger partial charge in [0.15, 0.2) is 0 Å². The molecule has 158 valence electrons. The number of nitrogens with zero attached hydrogens (tertiary/aromatic N) is 3. The molecule has 8 heteroatoms. The Morgan fingerprint density at radius 1 is 1.07 bits per heavy atom. The van der Waals surface area contributed by atoms with E-state index in [4.69, 9.17) is 23.2 Å². The molecule has 2 heterocycles. The molecule has 0 radical (unpaired) electrons. The van der Waals surface area contributed by atoms with Gasteiger partial charge in [0, 0.05) is 32.9 Å². The molecule has 1 fully saturated rings. The Kier molecular flexibility index (Phi) is 5.91. The number of fused-ring (bicyclic) bond motifs is 1. The number of carbonyl (C=O) groups excluding carboxylic acids is 1. The van der Waals surface area contributed by atoms with Gasteiger partial charge in [-0.3, -0.25) is 18.8 Å². The Hall–Kier alpha value is -2.28. The second-order valence-electron chi connectivity index (χ2n) is 7.92. The van der Waals surface area contributed by atoms with E-state index in [2.05, 4.69) is 10.2 Å². The van der Waals surface area contributed by atoms with E-state index in [0.717, 1.165) is 42.5 Å². The Morgan fingerprint density at radius 3 is 2.60 bits per heavy atom. The number of rotatable bonds is 4. The topological polar surface area (TPSA) is 59.3 Å². The maximum Gasteiger partial charge on any atom is 0.328 e. The average Bonchev–Trinajstić information content (AvgIpc) is 2.95. The van der Waals surface area contributed by atoms with E-state index in [0.29, 0.717) is 22.3 Å². The van der Waals surface area contributed by atoms with Crippen molar-refractivity contribution in [3.63, 3.8) is 0 Å². The van der Waals surface area contributed by atoms with Gasteiger partial charge in [-0.25, -0.2) is 4.79 Å². The molecular formula is C22H24Cl2N4O2. The van der Waals surface area contributed by atoms with Crippen LogP contribution in [0.1, 0.15) is 18.4 Å². The normalized spacial score (nSPS) is 17.4. The summed E-state index contributed by atoms with van der Waals surface area (Å²) in [6, 6.07) is 11.2. The Labute approximate surface area is 185 Å². The second kappa shape index (κ2) is 8.46. The van der Waals surface area contributed by atoms with Gasteiger partial charge in [-0.15, -0.1) is 0 Å². The third-order valence-corrected chi connectivity index (χ3v) is 6.55. The summed E-state index contributed by atoms with van der Waals surface area (Å²) in [5.74, 6) is -0.0778. The number of carbonyl (C=O) groups is 1. The molecule has 1 aromatic heterocycles. The number of nitrogens with one attached hydrogen (secondary N) is 1. The maximum absolute atomic E-state index is 12.9. The number of piperidine rings is 1. The van der Waals surface area contributed by atoms with Crippen molar-refractivity contribution in [1.82, 2.24) is 14.0 Å². The number of aryl methyl sites for hydroxylation is 2. The van der Waals surface area contributed by atoms with Crippen LogP contribution in [0.2, 0.25) is 10.0 Å². The zero-order chi connectivity index (χ0) is 21.4. The van der Waals surface area contributed by atoms with Crippen LogP contribution >= 0.6 is 23.2 Å². The summed E-state index contributed by atoms with van der Waals surface area (Å²) in [7, 11) is 3.48. The van der Waals surface area contributed by atoms with Crippen molar-refractivity contribution >= 4 is 45.8 Å². The minimum absolute atomic E-state index is 0.00844. The largest absolute Gasteiger partial charge is 0.328 e. The lowest BCUT2D eigenvalue weighted by atomic mass is 9.96. The first kappa shape index (κ1) is 21.0. The highest BCUT2D eigenvalue weighted by molar-refractivity contribution is 6.42. The van der Waals surface area contributed by atoms with Gasteiger partial charge >= 0.3 is 5.69 Å². The molecule has 0 saturated carbocycles. The van der Waals surface area contributed by atoms with Crippen molar-refractivity contribution in [3.05, 3.63) is 62.5 Å². The standard InChI is InChI=1S/C22H24Cl2N4O2/c1-26-19-8-6-16(11-20(19)27(2)22(26)30)25-21(29)15-4-3-9-28(13-15)12-14-5-7-17(23)18(24)10-14/h5-8,10-11,15H,3-4,9,12-13H2,1-2H3,(H,25,29). The van der Waals surface area contributed by atoms with Gasteiger partial charge in [0.1, 0.15) is 0 Å². The lowest BCUT2D eigenvalue weighted by molar-refractivity contribution is -0.121. The third kappa shape index (κ3) is 4.13. The number of likely N-dealkylation sites (tertiary alicyclic amines) is 1. The number of hydrogen-bond acceptors (Lipinski definition) is 3. The molecule has 6 nitrogen and oxygen atoms in total. The van der Waals surface area contributed by atoms with Crippen molar-refractivity contribution in [3.8, 4) is 0 Å². The summed E-state index contributed by atoms with van der Waals surface area (Å²) in [6.07, 6.45) is 1.82. The monoisotopic (exact) mass is 446 g/mol. The highest BCUT2D eigenvalue weighted by Gasteiger charge is 2.26. The molecule has 3 aromatic rings. The van der Waals surface area contributed by atoms with Crippen molar-refractivity contribution in [2.75, 3.05) is 18.4 Å². The summed E-state index contributed by atoms with van der Waals surface area (Å²) in [4.78, 5) is 27.3. The second-order valence-corrected chi connectivity index (χ2v) is 8.73. The molecule has 2 aromatic carbocycles. The van der Waals surface area contributed by atoms with Crippen molar-refractivity contribution in [2.24, 2.45) is 20.0 Å². The number of anilines is 1. The molecular weight excluding hydrogens is 423 g/mol. The van der Waals surface area contributed by atoms with Gasteiger partial charge in [-0.2, -0.15) is 0 Å². The fourth-order valence-electron chi connectivity index (χ4n) is 4.14. The first-order valence-corrected chi connectivity index (χ1v) is 10.7.